The van der Waals surface area contributed by atoms with E-state index in [2.05, 4.69) is 0 Å². The Morgan fingerprint density at radius 3 is 2.67 bits per heavy atom. The Balaban J connectivity index is 1.72. The lowest BCUT2D eigenvalue weighted by Crippen LogP contribution is -2.32. The fourth-order valence-electron chi connectivity index (χ4n) is 2.53. The van der Waals surface area contributed by atoms with Crippen LogP contribution in [0.5, 0.6) is 0 Å². The molecule has 1 N–H and O–H groups in total. The number of fused-ring (bicyclic) bond motifs is 1. The molecule has 2 saturated carbocycles. The van der Waals surface area contributed by atoms with Crippen LogP contribution in [0.2, 0.25) is 0 Å². The van der Waals surface area contributed by atoms with E-state index < -0.39 is 0 Å². The van der Waals surface area contributed by atoms with E-state index in [4.69, 9.17) is 5.11 Å². The van der Waals surface area contributed by atoms with E-state index >= 15 is 0 Å². The monoisotopic (exact) mass is 167 g/mol. The molecule has 0 aromatic heterocycles. The summed E-state index contributed by atoms with van der Waals surface area (Å²) in [6.07, 6.45) is 2.41. The quantitative estimate of drug-likeness (QED) is 0.621. The van der Waals surface area contributed by atoms with Crippen LogP contribution in [0, 0.1) is 17.8 Å². The van der Waals surface area contributed by atoms with Gasteiger partial charge in [-0.25, -0.2) is 0 Å². The lowest BCUT2D eigenvalue weighted by Gasteiger charge is -2.18. The summed E-state index contributed by atoms with van der Waals surface area (Å²) in [5.41, 5.74) is 0. The molecular formula is C9H13NO2. The minimum Gasteiger partial charge on any atom is -0.396 e. The molecule has 3 atom stereocenters. The van der Waals surface area contributed by atoms with Crippen molar-refractivity contribution in [2.45, 2.75) is 18.9 Å². The molecule has 0 spiro atoms. The largest absolute Gasteiger partial charge is 0.396 e. The number of nitrogens with zero attached hydrogens (tertiary/aromatic N) is 1. The third-order valence-corrected chi connectivity index (χ3v) is 3.51. The zero-order valence-electron chi connectivity index (χ0n) is 6.94. The number of likely N-dealkylation sites (tertiary alicyclic amines) is 1. The summed E-state index contributed by atoms with van der Waals surface area (Å²) in [6.45, 7) is 1.14. The van der Waals surface area contributed by atoms with E-state index in [0.29, 0.717) is 23.8 Å². The second kappa shape index (κ2) is 2.02. The number of amides is 1. The van der Waals surface area contributed by atoms with Gasteiger partial charge >= 0.3 is 0 Å². The summed E-state index contributed by atoms with van der Waals surface area (Å²) in [5.74, 6) is 1.34. The van der Waals surface area contributed by atoms with Crippen molar-refractivity contribution in [3.63, 3.8) is 0 Å². The Bertz CT molecular complexity index is 237. The molecule has 0 bridgehead atoms. The molecule has 2 aliphatic carbocycles. The summed E-state index contributed by atoms with van der Waals surface area (Å²) < 4.78 is 0. The Hall–Kier alpha value is -0.570. The SMILES string of the molecule is O=C1C2C(CO)C2CN1C1CC1. The van der Waals surface area contributed by atoms with Crippen molar-refractivity contribution in [2.24, 2.45) is 17.8 Å². The van der Waals surface area contributed by atoms with Crippen LogP contribution in [0.25, 0.3) is 0 Å². The number of hydrogen-bond acceptors (Lipinski definition) is 2. The van der Waals surface area contributed by atoms with Crippen LogP contribution in [0.3, 0.4) is 0 Å². The van der Waals surface area contributed by atoms with Crippen LogP contribution < -0.4 is 0 Å². The number of hydrogen-bond donors (Lipinski definition) is 1. The molecular weight excluding hydrogens is 154 g/mol. The number of carbonyl (C=O) groups is 1. The number of aliphatic hydroxyl groups is 1. The highest BCUT2D eigenvalue weighted by Crippen LogP contribution is 2.54. The molecule has 12 heavy (non-hydrogen) atoms. The van der Waals surface area contributed by atoms with E-state index in [-0.39, 0.29) is 12.5 Å². The number of aliphatic hydroxyl groups excluding tert-OH is 1. The first-order valence-corrected chi connectivity index (χ1v) is 4.74. The second-order valence-corrected chi connectivity index (χ2v) is 4.26. The molecule has 3 nitrogen and oxygen atoms in total. The summed E-state index contributed by atoms with van der Waals surface area (Å²) >= 11 is 0. The predicted octanol–water partition coefficient (Wildman–Crippen LogP) is -0.155. The molecule has 1 amide bonds. The number of carbonyl (C=O) groups excluding carboxylic acids is 1. The average Bonchev–Trinajstić information content (AvgIpc) is 2.96. The summed E-state index contributed by atoms with van der Waals surface area (Å²) in [7, 11) is 0. The van der Waals surface area contributed by atoms with Gasteiger partial charge in [0.2, 0.25) is 5.91 Å². The van der Waals surface area contributed by atoms with Crippen molar-refractivity contribution >= 4 is 5.91 Å². The molecule has 0 radical (unpaired) electrons. The fourth-order valence-corrected chi connectivity index (χ4v) is 2.53. The van der Waals surface area contributed by atoms with Crippen molar-refractivity contribution in [3.05, 3.63) is 0 Å². The zero-order valence-corrected chi connectivity index (χ0v) is 6.94. The van der Waals surface area contributed by atoms with Crippen molar-refractivity contribution in [2.75, 3.05) is 13.2 Å². The summed E-state index contributed by atoms with van der Waals surface area (Å²) in [4.78, 5) is 13.6. The van der Waals surface area contributed by atoms with E-state index in [1.54, 1.807) is 0 Å². The predicted molar refractivity (Wildman–Crippen MR) is 42.3 cm³/mol. The van der Waals surface area contributed by atoms with Gasteiger partial charge in [0.1, 0.15) is 0 Å². The van der Waals surface area contributed by atoms with Gasteiger partial charge in [-0.3, -0.25) is 4.79 Å². The minimum atomic E-state index is 0.204. The maximum atomic E-state index is 11.6. The molecule has 3 rings (SSSR count). The molecule has 3 fully saturated rings. The van der Waals surface area contributed by atoms with Crippen LogP contribution in [-0.4, -0.2) is 35.1 Å². The fraction of sp³-hybridized carbons (Fsp3) is 0.889. The maximum Gasteiger partial charge on any atom is 0.226 e. The standard InChI is InChI=1S/C9H13NO2/c11-4-7-6-3-10(5-1-2-5)9(12)8(6)7/h5-8,11H,1-4H2. The highest BCUT2D eigenvalue weighted by atomic mass is 16.3. The van der Waals surface area contributed by atoms with Gasteiger partial charge in [-0.2, -0.15) is 0 Å². The molecule has 3 aliphatic rings. The van der Waals surface area contributed by atoms with Crippen LogP contribution in [0.1, 0.15) is 12.8 Å². The van der Waals surface area contributed by atoms with E-state index in [1.165, 1.54) is 12.8 Å². The Morgan fingerprint density at radius 1 is 1.50 bits per heavy atom. The second-order valence-electron chi connectivity index (χ2n) is 4.26. The third-order valence-electron chi connectivity index (χ3n) is 3.51. The topological polar surface area (TPSA) is 40.5 Å². The van der Waals surface area contributed by atoms with Gasteiger partial charge in [-0.15, -0.1) is 0 Å². The Morgan fingerprint density at radius 2 is 2.25 bits per heavy atom. The average molecular weight is 167 g/mol. The normalized spacial score (nSPS) is 44.9. The van der Waals surface area contributed by atoms with E-state index in [0.717, 1.165) is 6.54 Å². The van der Waals surface area contributed by atoms with Crippen LogP contribution in [-0.2, 0) is 4.79 Å². The first kappa shape index (κ1) is 6.89. The van der Waals surface area contributed by atoms with Crippen molar-refractivity contribution in [3.8, 4) is 0 Å². The van der Waals surface area contributed by atoms with Gasteiger partial charge in [0.25, 0.3) is 0 Å². The highest BCUT2D eigenvalue weighted by molar-refractivity contribution is 5.85. The van der Waals surface area contributed by atoms with Gasteiger partial charge in [-0.1, -0.05) is 0 Å². The lowest BCUT2D eigenvalue weighted by atomic mass is 10.2. The van der Waals surface area contributed by atoms with Gasteiger partial charge in [-0.05, 0) is 24.7 Å². The van der Waals surface area contributed by atoms with Gasteiger partial charge < -0.3 is 10.0 Å². The smallest absolute Gasteiger partial charge is 0.226 e. The van der Waals surface area contributed by atoms with E-state index in [1.807, 2.05) is 4.90 Å². The lowest BCUT2D eigenvalue weighted by molar-refractivity contribution is -0.131. The number of piperidine rings is 1. The summed E-state index contributed by atoms with van der Waals surface area (Å²) in [5, 5.41) is 8.90. The molecule has 66 valence electrons. The van der Waals surface area contributed by atoms with Crippen LogP contribution in [0.15, 0.2) is 0 Å². The van der Waals surface area contributed by atoms with Gasteiger partial charge in [0, 0.05) is 25.1 Å². The van der Waals surface area contributed by atoms with Crippen LogP contribution >= 0.6 is 0 Å². The molecule has 1 aliphatic heterocycles. The zero-order chi connectivity index (χ0) is 8.29. The maximum absolute atomic E-state index is 11.6. The minimum absolute atomic E-state index is 0.204. The van der Waals surface area contributed by atoms with Gasteiger partial charge in [0.15, 0.2) is 0 Å². The van der Waals surface area contributed by atoms with Crippen molar-refractivity contribution < 1.29 is 9.90 Å². The molecule has 3 unspecified atom stereocenters. The summed E-state index contributed by atoms with van der Waals surface area (Å²) in [6, 6.07) is 0.574. The molecule has 1 heterocycles. The van der Waals surface area contributed by atoms with Crippen molar-refractivity contribution in [1.29, 1.82) is 0 Å². The Kier molecular flexibility index (Phi) is 1.16. The third kappa shape index (κ3) is 0.724. The first-order valence-electron chi connectivity index (χ1n) is 4.74. The van der Waals surface area contributed by atoms with Crippen molar-refractivity contribution in [1.82, 2.24) is 4.90 Å². The number of rotatable bonds is 2. The van der Waals surface area contributed by atoms with E-state index in [9.17, 15) is 4.79 Å². The molecule has 3 heteroatoms. The van der Waals surface area contributed by atoms with Gasteiger partial charge in [0.05, 0.1) is 0 Å². The highest BCUT2D eigenvalue weighted by Gasteiger charge is 2.62. The molecule has 0 aromatic carbocycles. The molecule has 1 saturated heterocycles. The van der Waals surface area contributed by atoms with Crippen LogP contribution in [0.4, 0.5) is 0 Å². The molecule has 0 aromatic rings. The Labute approximate surface area is 71.4 Å². The first-order chi connectivity index (χ1) is 5.83.